The number of Topliss-reactive ketones (excluding diaryl/α,β-unsaturated/α-hetero) is 1. The molecule has 1 saturated heterocycles. The molecule has 2 aromatic rings. The zero-order chi connectivity index (χ0) is 20.5. The number of rotatable bonds is 3. The lowest BCUT2D eigenvalue weighted by molar-refractivity contribution is -0.127. The minimum Gasteiger partial charge on any atom is -0.444 e. The van der Waals surface area contributed by atoms with Crippen molar-refractivity contribution in [2.45, 2.75) is 52.2 Å². The average Bonchev–Trinajstić information content (AvgIpc) is 2.95. The fraction of sp³-hybridized carbons (Fsp3) is 0.476. The van der Waals surface area contributed by atoms with Crippen molar-refractivity contribution in [3.05, 3.63) is 35.5 Å². The van der Waals surface area contributed by atoms with E-state index in [4.69, 9.17) is 4.74 Å². The first kappa shape index (κ1) is 19.9. The number of amides is 2. The first-order valence-electron chi connectivity index (χ1n) is 9.56. The molecule has 0 spiro atoms. The number of aromatic amines is 1. The molecule has 150 valence electrons. The molecule has 3 rings (SSSR count). The number of aromatic nitrogens is 1. The van der Waals surface area contributed by atoms with Crippen molar-refractivity contribution >= 4 is 28.7 Å². The summed E-state index contributed by atoms with van der Waals surface area (Å²) in [5, 5.41) is 3.60. The number of nitrogens with zero attached hydrogens (tertiary/aromatic N) is 1. The lowest BCUT2D eigenvalue weighted by Gasteiger charge is -2.32. The number of H-pyrrole nitrogens is 1. The van der Waals surface area contributed by atoms with Gasteiger partial charge < -0.3 is 19.9 Å². The number of carbonyl (C=O) groups is 3. The highest BCUT2D eigenvalue weighted by Gasteiger charge is 2.31. The van der Waals surface area contributed by atoms with E-state index in [1.807, 2.05) is 45.0 Å². The second-order valence-electron chi connectivity index (χ2n) is 8.21. The van der Waals surface area contributed by atoms with E-state index in [-0.39, 0.29) is 6.04 Å². The molecule has 1 aliphatic rings. The fourth-order valence-corrected chi connectivity index (χ4v) is 3.52. The summed E-state index contributed by atoms with van der Waals surface area (Å²) in [6.45, 7) is 8.08. The van der Waals surface area contributed by atoms with Crippen molar-refractivity contribution in [1.29, 1.82) is 0 Å². The third kappa shape index (κ3) is 4.35. The molecule has 28 heavy (non-hydrogen) atoms. The van der Waals surface area contributed by atoms with Crippen LogP contribution in [-0.4, -0.2) is 52.4 Å². The van der Waals surface area contributed by atoms with Crippen molar-refractivity contribution in [3.63, 3.8) is 0 Å². The van der Waals surface area contributed by atoms with Crippen LogP contribution in [0.1, 0.15) is 49.7 Å². The van der Waals surface area contributed by atoms with Crippen LogP contribution in [-0.2, 0) is 9.53 Å². The maximum Gasteiger partial charge on any atom is 0.407 e. The molecule has 0 atom stereocenters. The minimum absolute atomic E-state index is 0.0659. The highest BCUT2D eigenvalue weighted by atomic mass is 16.6. The van der Waals surface area contributed by atoms with Crippen molar-refractivity contribution in [3.8, 4) is 0 Å². The van der Waals surface area contributed by atoms with E-state index in [1.54, 1.807) is 11.8 Å². The van der Waals surface area contributed by atoms with Crippen LogP contribution in [0, 0.1) is 6.92 Å². The van der Waals surface area contributed by atoms with Gasteiger partial charge in [-0.2, -0.15) is 0 Å². The number of alkyl carbamates (subject to hydrolysis) is 1. The molecule has 2 N–H and O–H groups in total. The van der Waals surface area contributed by atoms with Gasteiger partial charge in [-0.1, -0.05) is 18.2 Å². The van der Waals surface area contributed by atoms with Gasteiger partial charge in [-0.05, 0) is 46.6 Å². The van der Waals surface area contributed by atoms with Crippen LogP contribution < -0.4 is 5.32 Å². The molecule has 1 aromatic carbocycles. The van der Waals surface area contributed by atoms with Crippen LogP contribution >= 0.6 is 0 Å². The maximum atomic E-state index is 12.9. The lowest BCUT2D eigenvalue weighted by atomic mass is 10.0. The normalized spacial score (nSPS) is 15.5. The summed E-state index contributed by atoms with van der Waals surface area (Å²) in [7, 11) is 0. The van der Waals surface area contributed by atoms with Gasteiger partial charge in [0.05, 0.1) is 5.56 Å². The number of carbonyl (C=O) groups excluding carboxylic acids is 3. The number of ether oxygens (including phenoxy) is 1. The average molecular weight is 385 g/mol. The Bertz CT molecular complexity index is 902. The Balaban J connectivity index is 1.61. The monoisotopic (exact) mass is 385 g/mol. The predicted molar refractivity (Wildman–Crippen MR) is 106 cm³/mol. The summed E-state index contributed by atoms with van der Waals surface area (Å²) in [6, 6.07) is 7.40. The van der Waals surface area contributed by atoms with Gasteiger partial charge in [0.1, 0.15) is 5.60 Å². The zero-order valence-corrected chi connectivity index (χ0v) is 16.8. The summed E-state index contributed by atoms with van der Waals surface area (Å²) >= 11 is 0. The Morgan fingerprint density at radius 3 is 2.43 bits per heavy atom. The van der Waals surface area contributed by atoms with Crippen LogP contribution in [0.25, 0.3) is 10.9 Å². The molecule has 0 saturated carbocycles. The Kier molecular flexibility index (Phi) is 5.45. The maximum absolute atomic E-state index is 12.9. The van der Waals surface area contributed by atoms with E-state index in [2.05, 4.69) is 10.3 Å². The number of benzene rings is 1. The minimum atomic E-state index is -0.551. The Labute approximate surface area is 164 Å². The number of hydrogen-bond acceptors (Lipinski definition) is 4. The summed E-state index contributed by atoms with van der Waals surface area (Å²) in [6.07, 6.45) is 0.721. The van der Waals surface area contributed by atoms with E-state index in [1.165, 1.54) is 0 Å². The number of para-hydroxylation sites is 1. The molecule has 1 aromatic heterocycles. The highest BCUT2D eigenvalue weighted by Crippen LogP contribution is 2.23. The highest BCUT2D eigenvalue weighted by molar-refractivity contribution is 6.45. The molecule has 1 aliphatic heterocycles. The molecule has 0 radical (unpaired) electrons. The molecule has 7 heteroatoms. The van der Waals surface area contributed by atoms with Gasteiger partial charge in [0.25, 0.3) is 11.7 Å². The number of hydrogen-bond donors (Lipinski definition) is 2. The molecule has 2 heterocycles. The SMILES string of the molecule is Cc1[nH]c2ccccc2c1C(=O)C(=O)N1CCC(NC(=O)OC(C)(C)C)CC1. The van der Waals surface area contributed by atoms with Gasteiger partial charge >= 0.3 is 6.09 Å². The van der Waals surface area contributed by atoms with Crippen LogP contribution in [0.5, 0.6) is 0 Å². The standard InChI is InChI=1S/C21H27N3O4/c1-13-17(15-7-5-6-8-16(15)22-13)18(25)19(26)24-11-9-14(10-12-24)23-20(27)28-21(2,3)4/h5-8,14,22H,9-12H2,1-4H3,(H,23,27). The number of piperidine rings is 1. The predicted octanol–water partition coefficient (Wildman–Crippen LogP) is 3.17. The summed E-state index contributed by atoms with van der Waals surface area (Å²) in [5.41, 5.74) is 1.43. The van der Waals surface area contributed by atoms with Gasteiger partial charge in [0.15, 0.2) is 0 Å². The second kappa shape index (κ2) is 7.66. The van der Waals surface area contributed by atoms with Gasteiger partial charge in [-0.15, -0.1) is 0 Å². The third-order valence-electron chi connectivity index (χ3n) is 4.82. The first-order valence-corrected chi connectivity index (χ1v) is 9.56. The third-order valence-corrected chi connectivity index (χ3v) is 4.82. The van der Waals surface area contributed by atoms with Crippen LogP contribution in [0.2, 0.25) is 0 Å². The molecule has 0 bridgehead atoms. The van der Waals surface area contributed by atoms with Crippen LogP contribution in [0.4, 0.5) is 4.79 Å². The summed E-state index contributed by atoms with van der Waals surface area (Å²) in [5.74, 6) is -0.989. The molecular formula is C21H27N3O4. The molecule has 0 unspecified atom stereocenters. The number of fused-ring (bicyclic) bond motifs is 1. The molecule has 1 fully saturated rings. The van der Waals surface area contributed by atoms with E-state index >= 15 is 0 Å². The fourth-order valence-electron chi connectivity index (χ4n) is 3.52. The Morgan fingerprint density at radius 1 is 1.14 bits per heavy atom. The first-order chi connectivity index (χ1) is 13.2. The smallest absolute Gasteiger partial charge is 0.407 e. The number of ketones is 1. The second-order valence-corrected chi connectivity index (χ2v) is 8.21. The number of likely N-dealkylation sites (tertiary alicyclic amines) is 1. The van der Waals surface area contributed by atoms with E-state index < -0.39 is 23.4 Å². The molecular weight excluding hydrogens is 358 g/mol. The number of nitrogens with one attached hydrogen (secondary N) is 2. The van der Waals surface area contributed by atoms with Gasteiger partial charge in [0, 0.05) is 35.7 Å². The Hall–Kier alpha value is -2.83. The van der Waals surface area contributed by atoms with E-state index in [9.17, 15) is 14.4 Å². The zero-order valence-electron chi connectivity index (χ0n) is 16.8. The van der Waals surface area contributed by atoms with E-state index in [0.717, 1.165) is 10.9 Å². The molecule has 7 nitrogen and oxygen atoms in total. The van der Waals surface area contributed by atoms with Crippen molar-refractivity contribution < 1.29 is 19.1 Å². The summed E-state index contributed by atoms with van der Waals surface area (Å²) in [4.78, 5) is 42.2. The molecule has 2 amide bonds. The van der Waals surface area contributed by atoms with Gasteiger partial charge in [-0.3, -0.25) is 9.59 Å². The van der Waals surface area contributed by atoms with Gasteiger partial charge in [-0.25, -0.2) is 4.79 Å². The Morgan fingerprint density at radius 2 is 1.79 bits per heavy atom. The lowest BCUT2D eigenvalue weighted by Crippen LogP contribution is -2.49. The van der Waals surface area contributed by atoms with Crippen molar-refractivity contribution in [2.24, 2.45) is 0 Å². The topological polar surface area (TPSA) is 91.5 Å². The summed E-state index contributed by atoms with van der Waals surface area (Å²) < 4.78 is 5.27. The van der Waals surface area contributed by atoms with Crippen LogP contribution in [0.3, 0.4) is 0 Å². The quantitative estimate of drug-likeness (QED) is 0.627. The van der Waals surface area contributed by atoms with Gasteiger partial charge in [0.2, 0.25) is 0 Å². The van der Waals surface area contributed by atoms with Crippen molar-refractivity contribution in [2.75, 3.05) is 13.1 Å². The van der Waals surface area contributed by atoms with Crippen molar-refractivity contribution in [1.82, 2.24) is 15.2 Å². The largest absolute Gasteiger partial charge is 0.444 e. The van der Waals surface area contributed by atoms with Crippen LogP contribution in [0.15, 0.2) is 24.3 Å². The number of aryl methyl sites for hydroxylation is 1. The molecule has 0 aliphatic carbocycles. The van der Waals surface area contributed by atoms with E-state index in [0.29, 0.717) is 37.2 Å².